The zero-order valence-corrected chi connectivity index (χ0v) is 16.9. The lowest BCUT2D eigenvalue weighted by atomic mass is 9.95. The molecule has 5 rings (SSSR count). The van der Waals surface area contributed by atoms with E-state index in [0.717, 1.165) is 29.2 Å². The number of ketones is 1. The van der Waals surface area contributed by atoms with Gasteiger partial charge in [-0.3, -0.25) is 14.5 Å². The molecule has 8 heteroatoms. The van der Waals surface area contributed by atoms with Gasteiger partial charge in [0.2, 0.25) is 0 Å². The summed E-state index contributed by atoms with van der Waals surface area (Å²) in [5, 5.41) is 11.8. The molecule has 1 amide bonds. The number of aliphatic hydroxyl groups excluding tert-OH is 1. The van der Waals surface area contributed by atoms with E-state index in [4.69, 9.17) is 0 Å². The number of hydrogen-bond acceptors (Lipinski definition) is 3. The van der Waals surface area contributed by atoms with Crippen LogP contribution in [0.25, 0.3) is 16.7 Å². The summed E-state index contributed by atoms with van der Waals surface area (Å²) in [6.45, 7) is 0. The van der Waals surface area contributed by atoms with Gasteiger partial charge in [0, 0.05) is 28.7 Å². The van der Waals surface area contributed by atoms with Crippen LogP contribution in [0.1, 0.15) is 17.2 Å². The van der Waals surface area contributed by atoms with Crippen molar-refractivity contribution >= 4 is 34.0 Å². The molecule has 1 atom stereocenters. The number of para-hydroxylation sites is 1. The van der Waals surface area contributed by atoms with E-state index in [1.807, 2.05) is 0 Å². The first-order valence-corrected chi connectivity index (χ1v) is 9.95. The lowest BCUT2D eigenvalue weighted by molar-refractivity contribution is -0.132. The fraction of sp³-hybridized carbons (Fsp3) is 0.0400. The number of nitrogens with zero attached hydrogens (tertiary/aromatic N) is 1. The van der Waals surface area contributed by atoms with Crippen LogP contribution >= 0.6 is 0 Å². The van der Waals surface area contributed by atoms with Crippen molar-refractivity contribution in [3.63, 3.8) is 0 Å². The maximum atomic E-state index is 14.7. The highest BCUT2D eigenvalue weighted by molar-refractivity contribution is 6.51. The molecule has 1 saturated heterocycles. The molecule has 2 heterocycles. The van der Waals surface area contributed by atoms with E-state index in [2.05, 4.69) is 4.98 Å². The number of nitrogens with one attached hydrogen (secondary N) is 1. The molecule has 1 aromatic heterocycles. The quantitative estimate of drug-likeness (QED) is 0.257. The second-order valence-electron chi connectivity index (χ2n) is 7.56. The summed E-state index contributed by atoms with van der Waals surface area (Å²) in [6, 6.07) is 13.3. The number of fused-ring (bicyclic) bond motifs is 1. The van der Waals surface area contributed by atoms with Crippen molar-refractivity contribution in [1.29, 1.82) is 0 Å². The highest BCUT2D eigenvalue weighted by Gasteiger charge is 2.48. The molecule has 0 spiro atoms. The molecule has 2 N–H and O–H groups in total. The zero-order chi connectivity index (χ0) is 23.3. The summed E-state index contributed by atoms with van der Waals surface area (Å²) < 4.78 is 41.8. The molecule has 1 fully saturated rings. The predicted octanol–water partition coefficient (Wildman–Crippen LogP) is 5.21. The molecule has 1 unspecified atom stereocenters. The number of amides is 1. The number of halogens is 3. The standard InChI is InChI=1S/C25H15F3N2O3/c26-14-7-5-13(6-8-14)22-21(23(31)17-12-29-19-4-2-1-3-16(17)19)24(32)25(33)30(22)20-10-9-15(27)11-18(20)28/h1-12,22,29,31H/b23-21-. The largest absolute Gasteiger partial charge is 0.507 e. The van der Waals surface area contributed by atoms with E-state index >= 15 is 0 Å². The van der Waals surface area contributed by atoms with Gasteiger partial charge in [0.1, 0.15) is 23.2 Å². The fourth-order valence-electron chi connectivity index (χ4n) is 4.13. The zero-order valence-electron chi connectivity index (χ0n) is 16.9. The minimum absolute atomic E-state index is 0.265. The van der Waals surface area contributed by atoms with Crippen molar-refractivity contribution in [3.05, 3.63) is 107 Å². The summed E-state index contributed by atoms with van der Waals surface area (Å²) in [4.78, 5) is 30.0. The average molecular weight is 448 g/mol. The molecule has 0 saturated carbocycles. The van der Waals surface area contributed by atoms with Crippen LogP contribution in [-0.4, -0.2) is 21.8 Å². The second-order valence-corrected chi connectivity index (χ2v) is 7.56. The van der Waals surface area contributed by atoms with Crippen LogP contribution in [0.15, 0.2) is 78.5 Å². The van der Waals surface area contributed by atoms with E-state index in [-0.39, 0.29) is 22.4 Å². The third-order valence-electron chi connectivity index (χ3n) is 5.64. The number of rotatable bonds is 3. The van der Waals surface area contributed by atoms with Gasteiger partial charge < -0.3 is 10.1 Å². The molecule has 33 heavy (non-hydrogen) atoms. The van der Waals surface area contributed by atoms with Crippen molar-refractivity contribution in [3.8, 4) is 0 Å². The van der Waals surface area contributed by atoms with Crippen molar-refractivity contribution in [1.82, 2.24) is 4.98 Å². The molecule has 3 aromatic carbocycles. The topological polar surface area (TPSA) is 73.4 Å². The summed E-state index contributed by atoms with van der Waals surface area (Å²) in [6.07, 6.45) is 1.49. The predicted molar refractivity (Wildman–Crippen MR) is 116 cm³/mol. The van der Waals surface area contributed by atoms with E-state index in [9.17, 15) is 27.9 Å². The van der Waals surface area contributed by atoms with Gasteiger partial charge in [0.15, 0.2) is 0 Å². The number of anilines is 1. The summed E-state index contributed by atoms with van der Waals surface area (Å²) in [7, 11) is 0. The van der Waals surface area contributed by atoms with E-state index in [1.165, 1.54) is 18.3 Å². The Kier molecular flexibility index (Phi) is 4.78. The number of aliphatic hydroxyl groups is 1. The first kappa shape index (κ1) is 20.6. The SMILES string of the molecule is O=C1C(=O)N(c2ccc(F)cc2F)C(c2ccc(F)cc2)/C1=C(/O)c1c[nH]c2ccccc12. The number of hydrogen-bond donors (Lipinski definition) is 2. The van der Waals surface area contributed by atoms with E-state index in [1.54, 1.807) is 24.3 Å². The highest BCUT2D eigenvalue weighted by Crippen LogP contribution is 2.43. The maximum Gasteiger partial charge on any atom is 0.300 e. The van der Waals surface area contributed by atoms with Crippen LogP contribution in [0.4, 0.5) is 18.9 Å². The Labute approximate surface area is 185 Å². The van der Waals surface area contributed by atoms with Crippen LogP contribution in [-0.2, 0) is 9.59 Å². The summed E-state index contributed by atoms with van der Waals surface area (Å²) in [5.74, 6) is -5.08. The van der Waals surface area contributed by atoms with Crippen molar-refractivity contribution in [2.75, 3.05) is 4.90 Å². The van der Waals surface area contributed by atoms with Crippen molar-refractivity contribution in [2.24, 2.45) is 0 Å². The Hall–Kier alpha value is -4.33. The number of H-pyrrole nitrogens is 1. The first-order valence-electron chi connectivity index (χ1n) is 9.95. The molecule has 1 aliphatic rings. The first-order chi connectivity index (χ1) is 15.9. The lowest BCUT2D eigenvalue weighted by Gasteiger charge is -2.25. The molecule has 0 bridgehead atoms. The molecule has 5 nitrogen and oxygen atoms in total. The van der Waals surface area contributed by atoms with Gasteiger partial charge in [0.05, 0.1) is 17.3 Å². The lowest BCUT2D eigenvalue weighted by Crippen LogP contribution is -2.30. The van der Waals surface area contributed by atoms with Gasteiger partial charge in [0.25, 0.3) is 11.7 Å². The van der Waals surface area contributed by atoms with Crippen LogP contribution < -0.4 is 4.90 Å². The fourth-order valence-corrected chi connectivity index (χ4v) is 4.13. The second kappa shape index (κ2) is 7.67. The smallest absolute Gasteiger partial charge is 0.300 e. The number of Topliss-reactive ketones (excluding diaryl/α,β-unsaturated/α-hetero) is 1. The number of carbonyl (C=O) groups excluding carboxylic acids is 2. The number of aromatic nitrogens is 1. The minimum atomic E-state index is -1.26. The molecule has 164 valence electrons. The summed E-state index contributed by atoms with van der Waals surface area (Å²) >= 11 is 0. The third-order valence-corrected chi connectivity index (χ3v) is 5.64. The molecule has 0 aliphatic carbocycles. The van der Waals surface area contributed by atoms with Gasteiger partial charge in [-0.25, -0.2) is 13.2 Å². The third kappa shape index (κ3) is 3.27. The van der Waals surface area contributed by atoms with Crippen molar-refractivity contribution < 1.29 is 27.9 Å². The molecular weight excluding hydrogens is 433 g/mol. The Balaban J connectivity index is 1.77. The average Bonchev–Trinajstić information content (AvgIpc) is 3.34. The number of benzene rings is 3. The highest BCUT2D eigenvalue weighted by atomic mass is 19.1. The van der Waals surface area contributed by atoms with Gasteiger partial charge >= 0.3 is 0 Å². The van der Waals surface area contributed by atoms with Crippen LogP contribution in [0.2, 0.25) is 0 Å². The van der Waals surface area contributed by atoms with Gasteiger partial charge in [-0.2, -0.15) is 0 Å². The van der Waals surface area contributed by atoms with Crippen LogP contribution in [0.5, 0.6) is 0 Å². The summed E-state index contributed by atoms with van der Waals surface area (Å²) in [5.41, 5.74) is 0.595. The van der Waals surface area contributed by atoms with Gasteiger partial charge in [-0.1, -0.05) is 30.3 Å². The Morgan fingerprint density at radius 1 is 0.909 bits per heavy atom. The maximum absolute atomic E-state index is 14.7. The normalized spacial score (nSPS) is 17.8. The van der Waals surface area contributed by atoms with E-state index < -0.39 is 40.9 Å². The monoisotopic (exact) mass is 448 g/mol. The van der Waals surface area contributed by atoms with Gasteiger partial charge in [-0.05, 0) is 35.9 Å². The minimum Gasteiger partial charge on any atom is -0.507 e. The Morgan fingerprint density at radius 3 is 2.33 bits per heavy atom. The molecule has 1 aliphatic heterocycles. The molecule has 0 radical (unpaired) electrons. The Bertz CT molecular complexity index is 1460. The van der Waals surface area contributed by atoms with Crippen LogP contribution in [0, 0.1) is 17.5 Å². The molecular formula is C25H15F3N2O3. The van der Waals surface area contributed by atoms with Crippen molar-refractivity contribution in [2.45, 2.75) is 6.04 Å². The van der Waals surface area contributed by atoms with Crippen LogP contribution in [0.3, 0.4) is 0 Å². The number of aromatic amines is 1. The molecule has 4 aromatic rings. The Morgan fingerprint density at radius 2 is 1.61 bits per heavy atom. The number of carbonyl (C=O) groups is 2. The van der Waals surface area contributed by atoms with Gasteiger partial charge in [-0.15, -0.1) is 0 Å². The van der Waals surface area contributed by atoms with E-state index in [0.29, 0.717) is 17.0 Å².